The van der Waals surface area contributed by atoms with Gasteiger partial charge in [0.25, 0.3) is 11.5 Å². The molecule has 0 saturated carbocycles. The summed E-state index contributed by atoms with van der Waals surface area (Å²) in [6.45, 7) is 2.19. The molecule has 1 atom stereocenters. The van der Waals surface area contributed by atoms with Gasteiger partial charge in [0.15, 0.2) is 10.8 Å². The van der Waals surface area contributed by atoms with E-state index in [0.717, 1.165) is 30.8 Å². The number of anilines is 2. The first-order chi connectivity index (χ1) is 19.0. The normalized spacial score (nSPS) is 15.1. The van der Waals surface area contributed by atoms with Gasteiger partial charge < -0.3 is 20.0 Å². The highest BCUT2D eigenvalue weighted by Gasteiger charge is 2.21. The second-order valence-corrected chi connectivity index (χ2v) is 10.6. The third kappa shape index (κ3) is 4.93. The van der Waals surface area contributed by atoms with E-state index in [1.54, 1.807) is 44.9 Å². The maximum absolute atomic E-state index is 13.7. The zero-order chi connectivity index (χ0) is 26.9. The number of furan rings is 1. The summed E-state index contributed by atoms with van der Waals surface area (Å²) in [5.74, 6) is 1.08. The van der Waals surface area contributed by atoms with Crippen LogP contribution in [0.5, 0.6) is 0 Å². The van der Waals surface area contributed by atoms with E-state index in [2.05, 4.69) is 32.7 Å². The average Bonchev–Trinajstić information content (AvgIpc) is 3.73. The molecule has 198 valence electrons. The molecule has 1 fully saturated rings. The summed E-state index contributed by atoms with van der Waals surface area (Å²) in [5, 5.41) is 9.80. The van der Waals surface area contributed by atoms with Crippen molar-refractivity contribution in [3.63, 3.8) is 0 Å². The minimum Gasteiger partial charge on any atom is -0.461 e. The van der Waals surface area contributed by atoms with Gasteiger partial charge >= 0.3 is 0 Å². The molecule has 1 saturated heterocycles. The van der Waals surface area contributed by atoms with Crippen molar-refractivity contribution < 1.29 is 9.21 Å². The molecular weight excluding hydrogens is 514 g/mol. The van der Waals surface area contributed by atoms with Crippen LogP contribution in [0, 0.1) is 0 Å². The van der Waals surface area contributed by atoms with Crippen LogP contribution in [0.4, 0.5) is 11.6 Å². The van der Waals surface area contributed by atoms with Crippen LogP contribution in [0.15, 0.2) is 69.6 Å². The zero-order valence-electron chi connectivity index (χ0n) is 21.5. The number of thiazole rings is 1. The molecule has 2 N–H and O–H groups in total. The predicted molar refractivity (Wildman–Crippen MR) is 151 cm³/mol. The molecule has 4 aromatic heterocycles. The number of fused-ring (bicyclic) bond motifs is 1. The first kappa shape index (κ1) is 25.0. The molecular formula is C28H27N7O3S. The minimum absolute atomic E-state index is 0.0492. The van der Waals surface area contributed by atoms with Crippen LogP contribution in [0.3, 0.4) is 0 Å². The molecule has 5 heterocycles. The zero-order valence-corrected chi connectivity index (χ0v) is 22.4. The Morgan fingerprint density at radius 1 is 1.23 bits per heavy atom. The third-order valence-electron chi connectivity index (χ3n) is 6.86. The van der Waals surface area contributed by atoms with Gasteiger partial charge in [-0.3, -0.25) is 14.2 Å². The van der Waals surface area contributed by atoms with Crippen molar-refractivity contribution in [1.29, 1.82) is 0 Å². The molecule has 6 rings (SSSR count). The lowest BCUT2D eigenvalue weighted by Gasteiger charge is -2.15. The second kappa shape index (κ2) is 10.4. The Bertz CT molecular complexity index is 1680. The Labute approximate surface area is 228 Å². The Hall–Kier alpha value is -4.35. The fourth-order valence-electron chi connectivity index (χ4n) is 4.82. The number of amides is 1. The molecule has 5 aromatic rings. The van der Waals surface area contributed by atoms with Gasteiger partial charge in [0.1, 0.15) is 11.2 Å². The highest BCUT2D eigenvalue weighted by molar-refractivity contribution is 7.13. The van der Waals surface area contributed by atoms with Crippen LogP contribution in [0.2, 0.25) is 0 Å². The molecule has 1 aromatic carbocycles. The first-order valence-electron chi connectivity index (χ1n) is 12.6. The number of hydrogen-bond donors (Lipinski definition) is 2. The average molecular weight is 542 g/mol. The lowest BCUT2D eigenvalue weighted by molar-refractivity contribution is 0.0825. The minimum atomic E-state index is -0.438. The van der Waals surface area contributed by atoms with E-state index in [1.165, 1.54) is 26.4 Å². The molecule has 10 nitrogen and oxygen atoms in total. The van der Waals surface area contributed by atoms with Crippen molar-refractivity contribution in [2.24, 2.45) is 0 Å². The van der Waals surface area contributed by atoms with E-state index in [1.807, 2.05) is 17.5 Å². The number of pyridine rings is 1. The Kier molecular flexibility index (Phi) is 6.67. The molecule has 1 amide bonds. The molecule has 0 aliphatic carbocycles. The molecule has 0 bridgehead atoms. The summed E-state index contributed by atoms with van der Waals surface area (Å²) in [6, 6.07) is 11.6. The smallest absolute Gasteiger partial charge is 0.265 e. The Balaban J connectivity index is 1.39. The van der Waals surface area contributed by atoms with Gasteiger partial charge in [-0.25, -0.2) is 9.97 Å². The number of aromatic nitrogens is 4. The first-order valence-corrected chi connectivity index (χ1v) is 13.5. The molecule has 11 heteroatoms. The van der Waals surface area contributed by atoms with Crippen LogP contribution in [-0.4, -0.2) is 57.5 Å². The molecule has 0 radical (unpaired) electrons. The quantitative estimate of drug-likeness (QED) is 0.317. The van der Waals surface area contributed by atoms with E-state index in [9.17, 15) is 9.59 Å². The van der Waals surface area contributed by atoms with Gasteiger partial charge in [-0.15, -0.1) is 11.3 Å². The molecule has 1 aliphatic rings. The van der Waals surface area contributed by atoms with Gasteiger partial charge in [0.05, 0.1) is 12.8 Å². The van der Waals surface area contributed by atoms with E-state index in [-0.39, 0.29) is 18.0 Å². The summed E-state index contributed by atoms with van der Waals surface area (Å²) in [5.41, 5.74) is 2.92. The van der Waals surface area contributed by atoms with Gasteiger partial charge in [0, 0.05) is 55.1 Å². The van der Waals surface area contributed by atoms with Crippen molar-refractivity contribution in [3.8, 4) is 10.8 Å². The molecule has 39 heavy (non-hydrogen) atoms. The van der Waals surface area contributed by atoms with Crippen LogP contribution in [-0.2, 0) is 6.54 Å². The van der Waals surface area contributed by atoms with Crippen molar-refractivity contribution in [1.82, 2.24) is 29.7 Å². The monoisotopic (exact) mass is 541 g/mol. The number of benzene rings is 1. The maximum Gasteiger partial charge on any atom is 0.265 e. The number of rotatable bonds is 7. The number of carbonyl (C=O) groups excluding carboxylic acids is 1. The maximum atomic E-state index is 13.7. The Morgan fingerprint density at radius 3 is 2.79 bits per heavy atom. The number of nitrogens with zero attached hydrogens (tertiary/aromatic N) is 5. The summed E-state index contributed by atoms with van der Waals surface area (Å²) in [6.07, 6.45) is 6.04. The van der Waals surface area contributed by atoms with Crippen LogP contribution >= 0.6 is 11.3 Å². The second-order valence-electron chi connectivity index (χ2n) is 9.67. The summed E-state index contributed by atoms with van der Waals surface area (Å²) < 4.78 is 7.20. The Morgan fingerprint density at radius 2 is 2.08 bits per heavy atom. The molecule has 1 unspecified atom stereocenters. The summed E-state index contributed by atoms with van der Waals surface area (Å²) >= 11 is 1.45. The highest BCUT2D eigenvalue weighted by Crippen LogP contribution is 2.28. The van der Waals surface area contributed by atoms with Gasteiger partial charge in [0.2, 0.25) is 5.95 Å². The van der Waals surface area contributed by atoms with E-state index in [4.69, 9.17) is 9.40 Å². The summed E-state index contributed by atoms with van der Waals surface area (Å²) in [7, 11) is 3.23. The van der Waals surface area contributed by atoms with Crippen LogP contribution < -0.4 is 16.2 Å². The summed E-state index contributed by atoms with van der Waals surface area (Å²) in [4.78, 5) is 41.5. The third-order valence-corrected chi connectivity index (χ3v) is 7.64. The number of nitrogens with one attached hydrogen (secondary N) is 2. The SMILES string of the molecule is CN(C)C(=O)c1cc2cnc(Nc3ccc(C4CCNC4)cc3)nc2n(Cc2ccoc2-c2nccs2)c1=O. The molecule has 0 spiro atoms. The predicted octanol–water partition coefficient (Wildman–Crippen LogP) is 4.08. The number of carbonyl (C=O) groups is 1. The lowest BCUT2D eigenvalue weighted by Crippen LogP contribution is -2.33. The van der Waals surface area contributed by atoms with Crippen molar-refractivity contribution in [2.45, 2.75) is 18.9 Å². The largest absolute Gasteiger partial charge is 0.461 e. The van der Waals surface area contributed by atoms with E-state index in [0.29, 0.717) is 33.7 Å². The van der Waals surface area contributed by atoms with E-state index < -0.39 is 5.56 Å². The fourth-order valence-corrected chi connectivity index (χ4v) is 5.48. The molecule has 1 aliphatic heterocycles. The van der Waals surface area contributed by atoms with Gasteiger partial charge in [-0.05, 0) is 48.7 Å². The standard InChI is InChI=1S/C28H27N7O3S/c1-34(2)26(36)22-13-20-15-31-28(32-21-5-3-17(4-6-21)18-7-9-29-14-18)33-24(20)35(27(22)37)16-19-8-11-38-23(19)25-30-10-12-39-25/h3-6,8,10-13,15,18,29H,7,9,14,16H2,1-2H3,(H,31,32,33). The van der Waals surface area contributed by atoms with Crippen molar-refractivity contribution in [3.05, 3.63) is 87.5 Å². The lowest BCUT2D eigenvalue weighted by atomic mass is 9.98. The topological polar surface area (TPSA) is 118 Å². The van der Waals surface area contributed by atoms with Crippen LogP contribution in [0.25, 0.3) is 21.8 Å². The highest BCUT2D eigenvalue weighted by atomic mass is 32.1. The van der Waals surface area contributed by atoms with Crippen molar-refractivity contribution in [2.75, 3.05) is 32.5 Å². The number of hydrogen-bond acceptors (Lipinski definition) is 9. The van der Waals surface area contributed by atoms with E-state index >= 15 is 0 Å². The fraction of sp³-hybridized carbons (Fsp3) is 0.250. The van der Waals surface area contributed by atoms with Gasteiger partial charge in [-0.2, -0.15) is 4.98 Å². The van der Waals surface area contributed by atoms with Crippen molar-refractivity contribution >= 4 is 39.9 Å². The van der Waals surface area contributed by atoms with Gasteiger partial charge in [-0.1, -0.05) is 12.1 Å². The van der Waals surface area contributed by atoms with Crippen LogP contribution in [0.1, 0.15) is 33.8 Å².